The molecule has 0 bridgehead atoms. The van der Waals surface area contributed by atoms with Gasteiger partial charge < -0.3 is 10.6 Å². The highest BCUT2D eigenvalue weighted by Crippen LogP contribution is 2.25. The highest BCUT2D eigenvalue weighted by molar-refractivity contribution is 5.45. The fourth-order valence-electron chi connectivity index (χ4n) is 3.40. The number of hydrogen-bond acceptors (Lipinski definition) is 4. The Morgan fingerprint density at radius 2 is 2.20 bits per heavy atom. The van der Waals surface area contributed by atoms with Crippen LogP contribution in [0.1, 0.15) is 44.3 Å². The molecule has 2 atom stereocenters. The molecule has 0 saturated carbocycles. The summed E-state index contributed by atoms with van der Waals surface area (Å²) in [7, 11) is 0. The molecule has 0 radical (unpaired) electrons. The van der Waals surface area contributed by atoms with Gasteiger partial charge in [-0.25, -0.2) is 0 Å². The van der Waals surface area contributed by atoms with Crippen molar-refractivity contribution in [2.75, 3.05) is 31.1 Å². The van der Waals surface area contributed by atoms with E-state index >= 15 is 0 Å². The topological polar surface area (TPSA) is 45.4 Å². The zero-order valence-electron chi connectivity index (χ0n) is 12.5. The first-order valence-electron chi connectivity index (χ1n) is 7.98. The Bertz CT molecular complexity index is 431. The molecule has 0 aromatic carbocycles. The lowest BCUT2D eigenvalue weighted by Crippen LogP contribution is -2.54. The van der Waals surface area contributed by atoms with Gasteiger partial charge in [-0.1, -0.05) is 13.3 Å². The first kappa shape index (κ1) is 13.8. The molecule has 1 aromatic rings. The van der Waals surface area contributed by atoms with Gasteiger partial charge in [-0.3, -0.25) is 9.88 Å². The van der Waals surface area contributed by atoms with Crippen molar-refractivity contribution in [2.24, 2.45) is 5.73 Å². The summed E-state index contributed by atoms with van der Waals surface area (Å²) in [6, 6.07) is 5.10. The van der Waals surface area contributed by atoms with E-state index in [1.807, 2.05) is 6.20 Å². The van der Waals surface area contributed by atoms with E-state index in [0.29, 0.717) is 0 Å². The van der Waals surface area contributed by atoms with Crippen molar-refractivity contribution in [1.29, 1.82) is 0 Å². The van der Waals surface area contributed by atoms with Crippen molar-refractivity contribution >= 4 is 5.69 Å². The SMILES string of the molecule is CC[C@H](N)c1ccc(N2CCN3CCCCC3C2)cn1. The van der Waals surface area contributed by atoms with E-state index in [1.165, 1.54) is 38.0 Å². The number of fused-ring (bicyclic) bond motifs is 1. The van der Waals surface area contributed by atoms with Crippen LogP contribution in [0.5, 0.6) is 0 Å². The van der Waals surface area contributed by atoms with E-state index in [-0.39, 0.29) is 6.04 Å². The molecule has 0 aliphatic carbocycles. The number of piperidine rings is 1. The van der Waals surface area contributed by atoms with Crippen LogP contribution < -0.4 is 10.6 Å². The predicted octanol–water partition coefficient (Wildman–Crippen LogP) is 2.17. The van der Waals surface area contributed by atoms with Crippen LogP contribution >= 0.6 is 0 Å². The van der Waals surface area contributed by atoms with Gasteiger partial charge in [0.05, 0.1) is 17.6 Å². The monoisotopic (exact) mass is 274 g/mol. The third-order valence-electron chi connectivity index (χ3n) is 4.79. The van der Waals surface area contributed by atoms with Crippen molar-refractivity contribution in [3.63, 3.8) is 0 Å². The molecule has 4 heteroatoms. The van der Waals surface area contributed by atoms with Crippen LogP contribution in [0.4, 0.5) is 5.69 Å². The van der Waals surface area contributed by atoms with E-state index in [2.05, 4.69) is 33.8 Å². The summed E-state index contributed by atoms with van der Waals surface area (Å²) in [5, 5.41) is 0. The second-order valence-corrected chi connectivity index (χ2v) is 6.09. The quantitative estimate of drug-likeness (QED) is 0.917. The number of nitrogens with zero attached hydrogens (tertiary/aromatic N) is 3. The molecule has 0 spiro atoms. The minimum absolute atomic E-state index is 0.0687. The lowest BCUT2D eigenvalue weighted by molar-refractivity contribution is 0.133. The first-order valence-corrected chi connectivity index (χ1v) is 7.98. The van der Waals surface area contributed by atoms with Gasteiger partial charge >= 0.3 is 0 Å². The number of rotatable bonds is 3. The molecule has 2 aliphatic rings. The second kappa shape index (κ2) is 6.10. The Morgan fingerprint density at radius 1 is 1.30 bits per heavy atom. The Morgan fingerprint density at radius 3 is 2.95 bits per heavy atom. The maximum Gasteiger partial charge on any atom is 0.0572 e. The average molecular weight is 274 g/mol. The molecular formula is C16H26N4. The molecule has 1 aromatic heterocycles. The summed E-state index contributed by atoms with van der Waals surface area (Å²) in [5.41, 5.74) is 8.29. The first-order chi connectivity index (χ1) is 9.78. The number of anilines is 1. The highest BCUT2D eigenvalue weighted by atomic mass is 15.3. The van der Waals surface area contributed by atoms with Crippen LogP contribution in [-0.4, -0.2) is 42.1 Å². The highest BCUT2D eigenvalue weighted by Gasteiger charge is 2.28. The summed E-state index contributed by atoms with van der Waals surface area (Å²) < 4.78 is 0. The van der Waals surface area contributed by atoms with Crippen LogP contribution in [0, 0.1) is 0 Å². The Balaban J connectivity index is 1.67. The smallest absolute Gasteiger partial charge is 0.0572 e. The van der Waals surface area contributed by atoms with Crippen LogP contribution in [0.2, 0.25) is 0 Å². The molecular weight excluding hydrogens is 248 g/mol. The predicted molar refractivity (Wildman–Crippen MR) is 82.9 cm³/mol. The number of piperazine rings is 1. The second-order valence-electron chi connectivity index (χ2n) is 6.09. The van der Waals surface area contributed by atoms with E-state index < -0.39 is 0 Å². The van der Waals surface area contributed by atoms with Crippen LogP contribution in [0.15, 0.2) is 18.3 Å². The average Bonchev–Trinajstić information content (AvgIpc) is 2.54. The molecule has 3 heterocycles. The number of hydrogen-bond donors (Lipinski definition) is 1. The lowest BCUT2D eigenvalue weighted by Gasteiger charge is -2.44. The summed E-state index contributed by atoms with van der Waals surface area (Å²) in [4.78, 5) is 9.70. The van der Waals surface area contributed by atoms with Gasteiger partial charge in [0.25, 0.3) is 0 Å². The van der Waals surface area contributed by atoms with Crippen molar-refractivity contribution < 1.29 is 0 Å². The maximum absolute atomic E-state index is 6.03. The Kier molecular flexibility index (Phi) is 4.22. The third-order valence-corrected chi connectivity index (χ3v) is 4.79. The van der Waals surface area contributed by atoms with E-state index in [0.717, 1.165) is 31.2 Å². The number of pyridine rings is 1. The molecule has 0 amide bonds. The molecule has 1 unspecified atom stereocenters. The van der Waals surface area contributed by atoms with Crippen molar-refractivity contribution in [2.45, 2.75) is 44.7 Å². The number of nitrogens with two attached hydrogens (primary N) is 1. The fourth-order valence-corrected chi connectivity index (χ4v) is 3.40. The van der Waals surface area contributed by atoms with Gasteiger partial charge in [-0.05, 0) is 37.9 Å². The van der Waals surface area contributed by atoms with Crippen molar-refractivity contribution in [3.8, 4) is 0 Å². The van der Waals surface area contributed by atoms with E-state index in [9.17, 15) is 0 Å². The minimum Gasteiger partial charge on any atom is -0.367 e. The van der Waals surface area contributed by atoms with Gasteiger partial charge in [-0.15, -0.1) is 0 Å². The summed E-state index contributed by atoms with van der Waals surface area (Å²) in [6.07, 6.45) is 7.05. The van der Waals surface area contributed by atoms with Crippen LogP contribution in [0.3, 0.4) is 0 Å². The molecule has 2 saturated heterocycles. The summed E-state index contributed by atoms with van der Waals surface area (Å²) in [5.74, 6) is 0. The van der Waals surface area contributed by atoms with Crippen molar-refractivity contribution in [1.82, 2.24) is 9.88 Å². The van der Waals surface area contributed by atoms with Gasteiger partial charge in [0.15, 0.2) is 0 Å². The summed E-state index contributed by atoms with van der Waals surface area (Å²) in [6.45, 7) is 6.86. The third kappa shape index (κ3) is 2.81. The molecule has 3 rings (SSSR count). The standard InChI is InChI=1S/C16H26N4/c1-2-15(17)16-7-6-13(11-18-16)20-10-9-19-8-4-3-5-14(19)12-20/h6-7,11,14-15H,2-5,8-10,12,17H2,1H3/t14?,15-/m0/s1. The molecule has 4 nitrogen and oxygen atoms in total. The zero-order chi connectivity index (χ0) is 13.9. The van der Waals surface area contributed by atoms with Gasteiger partial charge in [0.2, 0.25) is 0 Å². The minimum atomic E-state index is 0.0687. The van der Waals surface area contributed by atoms with Crippen LogP contribution in [0.25, 0.3) is 0 Å². The lowest BCUT2D eigenvalue weighted by atomic mass is 9.99. The number of aromatic nitrogens is 1. The molecule has 2 aliphatic heterocycles. The van der Waals surface area contributed by atoms with Crippen LogP contribution in [-0.2, 0) is 0 Å². The van der Waals surface area contributed by atoms with E-state index in [4.69, 9.17) is 5.73 Å². The maximum atomic E-state index is 6.03. The van der Waals surface area contributed by atoms with E-state index in [1.54, 1.807) is 0 Å². The van der Waals surface area contributed by atoms with Gasteiger partial charge in [0, 0.05) is 31.7 Å². The molecule has 20 heavy (non-hydrogen) atoms. The summed E-state index contributed by atoms with van der Waals surface area (Å²) >= 11 is 0. The van der Waals surface area contributed by atoms with Gasteiger partial charge in [0.1, 0.15) is 0 Å². The molecule has 2 N–H and O–H groups in total. The normalized spacial score (nSPS) is 25.3. The Labute approximate surface area is 122 Å². The van der Waals surface area contributed by atoms with Crippen molar-refractivity contribution in [3.05, 3.63) is 24.0 Å². The fraction of sp³-hybridized carbons (Fsp3) is 0.688. The Hall–Kier alpha value is -1.13. The largest absolute Gasteiger partial charge is 0.367 e. The zero-order valence-corrected chi connectivity index (χ0v) is 12.5. The molecule has 2 fully saturated rings. The van der Waals surface area contributed by atoms with Gasteiger partial charge in [-0.2, -0.15) is 0 Å². The molecule has 110 valence electrons.